The molecule has 36 heavy (non-hydrogen) atoms. The smallest absolute Gasteiger partial charge is 0.340 e. The molecule has 0 spiro atoms. The van der Waals surface area contributed by atoms with Crippen LogP contribution in [0.2, 0.25) is 5.02 Å². The molecule has 0 bridgehead atoms. The Kier molecular flexibility index (Phi) is 9.71. The van der Waals surface area contributed by atoms with Gasteiger partial charge in [-0.05, 0) is 68.7 Å². The molecule has 0 saturated carbocycles. The summed E-state index contributed by atoms with van der Waals surface area (Å²) < 4.78 is 0. The summed E-state index contributed by atoms with van der Waals surface area (Å²) in [6.07, 6.45) is 1.23. The van der Waals surface area contributed by atoms with Crippen LogP contribution in [0.15, 0.2) is 36.4 Å². The normalized spacial score (nSPS) is 13.6. The fourth-order valence-corrected chi connectivity index (χ4v) is 4.80. The van der Waals surface area contributed by atoms with Gasteiger partial charge in [-0.1, -0.05) is 56.6 Å². The monoisotopic (exact) mass is 511 g/mol. The SMILES string of the molecule is CC(C)N1CCc2ccc3c(C(=O)O)c(O)c(Cc4ccc(Cl)cc4)nc3c2C1.CCN(CC)CC. The standard InChI is InChI=1S/C23H23ClN2O3.C6H15N/c1-13(2)26-10-9-15-5-8-17-20(23(28)29)22(27)19(25-21(17)18(15)12-26)11-14-3-6-16(24)7-4-14;1-4-7(5-2)6-3/h3-8,13,27H,9-12H2,1-2H3,(H,28,29);4-6H2,1-3H3. The molecule has 0 aliphatic carbocycles. The zero-order valence-electron chi connectivity index (χ0n) is 22.0. The summed E-state index contributed by atoms with van der Waals surface area (Å²) in [5, 5.41) is 21.7. The highest BCUT2D eigenvalue weighted by Gasteiger charge is 2.26. The Hall–Kier alpha value is -2.67. The highest BCUT2D eigenvalue weighted by molar-refractivity contribution is 6.30. The maximum Gasteiger partial charge on any atom is 0.340 e. The fraction of sp³-hybridized carbons (Fsp3) is 0.448. The molecular formula is C29H38ClN3O3. The molecule has 1 aliphatic heterocycles. The largest absolute Gasteiger partial charge is 0.505 e. The number of benzene rings is 2. The molecule has 194 valence electrons. The Morgan fingerprint density at radius 2 is 1.72 bits per heavy atom. The molecule has 3 aromatic rings. The Bertz CT molecular complexity index is 1190. The summed E-state index contributed by atoms with van der Waals surface area (Å²) in [7, 11) is 0. The Balaban J connectivity index is 0.000000454. The molecule has 0 radical (unpaired) electrons. The lowest BCUT2D eigenvalue weighted by Gasteiger charge is -2.32. The highest BCUT2D eigenvalue weighted by Crippen LogP contribution is 2.35. The van der Waals surface area contributed by atoms with Crippen molar-refractivity contribution >= 4 is 28.5 Å². The number of halogens is 1. The lowest BCUT2D eigenvalue weighted by Crippen LogP contribution is -2.36. The van der Waals surface area contributed by atoms with Gasteiger partial charge in [0.05, 0.1) is 11.2 Å². The van der Waals surface area contributed by atoms with Crippen LogP contribution < -0.4 is 0 Å². The maximum absolute atomic E-state index is 12.0. The second kappa shape index (κ2) is 12.5. The summed E-state index contributed by atoms with van der Waals surface area (Å²) in [6, 6.07) is 11.4. The number of pyridine rings is 1. The lowest BCUT2D eigenvalue weighted by atomic mass is 9.93. The van der Waals surface area contributed by atoms with Crippen LogP contribution >= 0.6 is 11.6 Å². The Labute approximate surface area is 219 Å². The summed E-state index contributed by atoms with van der Waals surface area (Å²) >= 11 is 5.96. The van der Waals surface area contributed by atoms with Gasteiger partial charge in [-0.15, -0.1) is 0 Å². The number of aromatic nitrogens is 1. The van der Waals surface area contributed by atoms with Crippen molar-refractivity contribution in [2.24, 2.45) is 0 Å². The van der Waals surface area contributed by atoms with Crippen LogP contribution in [0.1, 0.15) is 67.4 Å². The summed E-state index contributed by atoms with van der Waals surface area (Å²) in [5.41, 5.74) is 4.12. The van der Waals surface area contributed by atoms with E-state index in [0.29, 0.717) is 34.1 Å². The van der Waals surface area contributed by atoms with Crippen molar-refractivity contribution in [2.75, 3.05) is 26.2 Å². The molecule has 0 fully saturated rings. The first-order valence-corrected chi connectivity index (χ1v) is 13.2. The molecule has 0 atom stereocenters. The third-order valence-corrected chi connectivity index (χ3v) is 7.26. The van der Waals surface area contributed by atoms with Crippen LogP contribution in [0.25, 0.3) is 10.9 Å². The van der Waals surface area contributed by atoms with Gasteiger partial charge in [-0.3, -0.25) is 4.90 Å². The van der Waals surface area contributed by atoms with Crippen LogP contribution in [-0.2, 0) is 19.4 Å². The minimum absolute atomic E-state index is 0.0802. The van der Waals surface area contributed by atoms with Gasteiger partial charge in [-0.25, -0.2) is 9.78 Å². The van der Waals surface area contributed by atoms with E-state index in [4.69, 9.17) is 16.6 Å². The van der Waals surface area contributed by atoms with Crippen LogP contribution in [0, 0.1) is 0 Å². The number of carboxylic acid groups (broad SMARTS) is 1. The fourth-order valence-electron chi connectivity index (χ4n) is 4.67. The number of rotatable bonds is 7. The molecule has 7 heteroatoms. The number of carbonyl (C=O) groups is 1. The van der Waals surface area contributed by atoms with Crippen molar-refractivity contribution in [3.05, 3.63) is 69.4 Å². The van der Waals surface area contributed by atoms with Gasteiger partial charge in [0.1, 0.15) is 5.56 Å². The van der Waals surface area contributed by atoms with Gasteiger partial charge < -0.3 is 15.1 Å². The van der Waals surface area contributed by atoms with Crippen molar-refractivity contribution in [3.63, 3.8) is 0 Å². The number of fused-ring (bicyclic) bond motifs is 3. The van der Waals surface area contributed by atoms with Gasteiger partial charge in [0, 0.05) is 36.0 Å². The number of hydrogen-bond acceptors (Lipinski definition) is 5. The van der Waals surface area contributed by atoms with Crippen molar-refractivity contribution in [3.8, 4) is 5.75 Å². The van der Waals surface area contributed by atoms with Crippen LogP contribution in [0.5, 0.6) is 5.75 Å². The van der Waals surface area contributed by atoms with Crippen LogP contribution in [0.3, 0.4) is 0 Å². The zero-order chi connectivity index (χ0) is 26.4. The van der Waals surface area contributed by atoms with E-state index in [-0.39, 0.29) is 11.3 Å². The van der Waals surface area contributed by atoms with E-state index in [1.54, 1.807) is 18.2 Å². The Morgan fingerprint density at radius 3 is 2.25 bits per heavy atom. The molecular weight excluding hydrogens is 474 g/mol. The lowest BCUT2D eigenvalue weighted by molar-refractivity contribution is 0.0695. The second-order valence-corrected chi connectivity index (χ2v) is 9.86. The first-order chi connectivity index (χ1) is 17.2. The van der Waals surface area contributed by atoms with Crippen molar-refractivity contribution < 1.29 is 15.0 Å². The van der Waals surface area contributed by atoms with Crippen molar-refractivity contribution in [2.45, 2.75) is 60.0 Å². The molecule has 0 saturated heterocycles. The molecule has 0 amide bonds. The molecule has 4 rings (SSSR count). The zero-order valence-corrected chi connectivity index (χ0v) is 22.8. The third-order valence-electron chi connectivity index (χ3n) is 7.01. The molecule has 1 aromatic heterocycles. The first kappa shape index (κ1) is 27.9. The molecule has 1 aliphatic rings. The molecule has 6 nitrogen and oxygen atoms in total. The quantitative estimate of drug-likeness (QED) is 0.405. The third kappa shape index (κ3) is 6.36. The Morgan fingerprint density at radius 1 is 1.08 bits per heavy atom. The van der Waals surface area contributed by atoms with Crippen LogP contribution in [-0.4, -0.2) is 63.2 Å². The summed E-state index contributed by atoms with van der Waals surface area (Å²) in [5.74, 6) is -1.42. The summed E-state index contributed by atoms with van der Waals surface area (Å²) in [4.78, 5) is 21.5. The minimum atomic E-state index is -1.15. The van der Waals surface area contributed by atoms with Gasteiger partial charge in [0.15, 0.2) is 5.75 Å². The van der Waals surface area contributed by atoms with E-state index in [1.165, 1.54) is 25.2 Å². The van der Waals surface area contributed by atoms with Gasteiger partial charge in [-0.2, -0.15) is 0 Å². The topological polar surface area (TPSA) is 76.9 Å². The highest BCUT2D eigenvalue weighted by atomic mass is 35.5. The number of hydrogen-bond donors (Lipinski definition) is 2. The summed E-state index contributed by atoms with van der Waals surface area (Å²) in [6.45, 7) is 16.1. The molecule has 2 heterocycles. The van der Waals surface area contributed by atoms with E-state index in [0.717, 1.165) is 30.6 Å². The molecule has 2 N–H and O–H groups in total. The van der Waals surface area contributed by atoms with E-state index in [2.05, 4.69) is 44.4 Å². The van der Waals surface area contributed by atoms with Gasteiger partial charge in [0.2, 0.25) is 0 Å². The van der Waals surface area contributed by atoms with E-state index >= 15 is 0 Å². The number of carboxylic acids is 1. The number of aromatic carboxylic acids is 1. The van der Waals surface area contributed by atoms with E-state index < -0.39 is 5.97 Å². The molecule has 0 unspecified atom stereocenters. The van der Waals surface area contributed by atoms with E-state index in [9.17, 15) is 15.0 Å². The van der Waals surface area contributed by atoms with Gasteiger partial charge in [0.25, 0.3) is 0 Å². The predicted molar refractivity (Wildman–Crippen MR) is 147 cm³/mol. The van der Waals surface area contributed by atoms with E-state index in [1.807, 2.05) is 18.2 Å². The average molecular weight is 512 g/mol. The maximum atomic E-state index is 12.0. The first-order valence-electron chi connectivity index (χ1n) is 12.8. The average Bonchev–Trinajstić information content (AvgIpc) is 2.86. The number of nitrogens with zero attached hydrogens (tertiary/aromatic N) is 3. The van der Waals surface area contributed by atoms with Crippen molar-refractivity contribution in [1.29, 1.82) is 0 Å². The minimum Gasteiger partial charge on any atom is -0.505 e. The molecule has 2 aromatic carbocycles. The number of aromatic hydroxyl groups is 1. The van der Waals surface area contributed by atoms with Gasteiger partial charge >= 0.3 is 5.97 Å². The second-order valence-electron chi connectivity index (χ2n) is 9.42. The predicted octanol–water partition coefficient (Wildman–Crippen LogP) is 6.00. The van der Waals surface area contributed by atoms with Crippen LogP contribution in [0.4, 0.5) is 0 Å². The van der Waals surface area contributed by atoms with Crippen molar-refractivity contribution in [1.82, 2.24) is 14.8 Å².